The normalized spacial score (nSPS) is 32.7. The first-order valence-electron chi connectivity index (χ1n) is 3.68. The molecule has 1 aliphatic rings. The molecule has 0 spiro atoms. The maximum atomic E-state index is 8.70. The maximum Gasteiger partial charge on any atom is 0.181 e. The molecule has 1 rings (SSSR count). The van der Waals surface area contributed by atoms with Crippen molar-refractivity contribution in [2.75, 3.05) is 0 Å². The number of aliphatic hydroxyl groups excluding tert-OH is 1. The molecule has 2 atom stereocenters. The van der Waals surface area contributed by atoms with Gasteiger partial charge in [-0.1, -0.05) is 26.2 Å². The highest BCUT2D eigenvalue weighted by Gasteiger charge is 2.35. The van der Waals surface area contributed by atoms with Crippen molar-refractivity contribution in [2.24, 2.45) is 0 Å². The molecule has 2 nitrogen and oxygen atoms in total. The molecule has 1 saturated heterocycles. The van der Waals surface area contributed by atoms with Crippen LogP contribution in [0, 0.1) is 0 Å². The Morgan fingerprint density at radius 3 is 2.56 bits per heavy atom. The lowest BCUT2D eigenvalue weighted by molar-refractivity contribution is 0.156. The van der Waals surface area contributed by atoms with Gasteiger partial charge < -0.3 is 9.84 Å². The first-order chi connectivity index (χ1) is 4.34. The summed E-state index contributed by atoms with van der Waals surface area (Å²) in [6.07, 6.45) is 4.47. The van der Waals surface area contributed by atoms with Gasteiger partial charge in [0.1, 0.15) is 6.10 Å². The second-order valence-corrected chi connectivity index (χ2v) is 2.56. The van der Waals surface area contributed by atoms with Gasteiger partial charge in [0.05, 0.1) is 0 Å². The molecule has 1 N–H and O–H groups in total. The van der Waals surface area contributed by atoms with Gasteiger partial charge in [0.15, 0.2) is 6.29 Å². The first kappa shape index (κ1) is 7.03. The van der Waals surface area contributed by atoms with Crippen LogP contribution in [0.2, 0.25) is 0 Å². The number of hydrogen-bond acceptors (Lipinski definition) is 2. The largest absolute Gasteiger partial charge is 0.366 e. The number of unbranched alkanes of at least 4 members (excludes halogenated alkanes) is 2. The van der Waals surface area contributed by atoms with E-state index in [1.165, 1.54) is 19.3 Å². The summed E-state index contributed by atoms with van der Waals surface area (Å²) in [5, 5.41) is 8.70. The van der Waals surface area contributed by atoms with Crippen LogP contribution in [0.25, 0.3) is 0 Å². The topological polar surface area (TPSA) is 32.8 Å². The van der Waals surface area contributed by atoms with Crippen molar-refractivity contribution in [1.29, 1.82) is 0 Å². The van der Waals surface area contributed by atoms with Gasteiger partial charge in [-0.25, -0.2) is 0 Å². The molecule has 2 heteroatoms. The smallest absolute Gasteiger partial charge is 0.181 e. The summed E-state index contributed by atoms with van der Waals surface area (Å²) in [6, 6.07) is 0. The third-order valence-electron chi connectivity index (χ3n) is 1.65. The molecular weight excluding hydrogens is 116 g/mol. The van der Waals surface area contributed by atoms with Crippen molar-refractivity contribution in [3.05, 3.63) is 0 Å². The molecular formula is C7H14O2. The lowest BCUT2D eigenvalue weighted by atomic mass is 10.2. The van der Waals surface area contributed by atoms with Crippen LogP contribution in [0.3, 0.4) is 0 Å². The second kappa shape index (κ2) is 3.18. The predicted molar refractivity (Wildman–Crippen MR) is 35.0 cm³/mol. The number of rotatable bonds is 4. The Balaban J connectivity index is 1.83. The van der Waals surface area contributed by atoms with Crippen LogP contribution in [-0.4, -0.2) is 17.5 Å². The van der Waals surface area contributed by atoms with E-state index in [4.69, 9.17) is 9.84 Å². The van der Waals surface area contributed by atoms with E-state index in [1.54, 1.807) is 0 Å². The zero-order valence-corrected chi connectivity index (χ0v) is 5.84. The van der Waals surface area contributed by atoms with E-state index in [0.717, 1.165) is 6.42 Å². The Kier molecular flexibility index (Phi) is 2.49. The maximum absolute atomic E-state index is 8.70. The Hall–Kier alpha value is -0.0800. The SMILES string of the molecule is CCCCCC1OC1O. The summed E-state index contributed by atoms with van der Waals surface area (Å²) in [6.45, 7) is 2.17. The van der Waals surface area contributed by atoms with E-state index in [0.29, 0.717) is 0 Å². The summed E-state index contributed by atoms with van der Waals surface area (Å²) in [7, 11) is 0. The van der Waals surface area contributed by atoms with Gasteiger partial charge in [-0.05, 0) is 6.42 Å². The minimum atomic E-state index is -0.429. The van der Waals surface area contributed by atoms with Crippen LogP contribution in [0.1, 0.15) is 32.6 Å². The molecule has 0 aliphatic carbocycles. The average Bonchev–Trinajstić information content (AvgIpc) is 2.48. The van der Waals surface area contributed by atoms with Crippen LogP contribution < -0.4 is 0 Å². The minimum Gasteiger partial charge on any atom is -0.366 e. The van der Waals surface area contributed by atoms with E-state index in [2.05, 4.69) is 6.92 Å². The molecule has 0 radical (unpaired) electrons. The minimum absolute atomic E-state index is 0.177. The van der Waals surface area contributed by atoms with E-state index < -0.39 is 6.29 Å². The molecule has 54 valence electrons. The number of hydrogen-bond donors (Lipinski definition) is 1. The summed E-state index contributed by atoms with van der Waals surface area (Å²) in [4.78, 5) is 0. The highest BCUT2D eigenvalue weighted by molar-refractivity contribution is 4.73. The molecule has 0 aromatic carbocycles. The fourth-order valence-corrected chi connectivity index (χ4v) is 0.940. The Morgan fingerprint density at radius 2 is 2.11 bits per heavy atom. The van der Waals surface area contributed by atoms with Crippen molar-refractivity contribution in [3.63, 3.8) is 0 Å². The van der Waals surface area contributed by atoms with Gasteiger partial charge >= 0.3 is 0 Å². The van der Waals surface area contributed by atoms with E-state index >= 15 is 0 Å². The standard InChI is InChI=1S/C7H14O2/c1-2-3-4-5-6-7(8)9-6/h6-8H,2-5H2,1H3. The Labute approximate surface area is 55.8 Å². The molecule has 1 aliphatic heterocycles. The summed E-state index contributed by atoms with van der Waals surface area (Å²) in [5.41, 5.74) is 0. The molecule has 1 heterocycles. The quantitative estimate of drug-likeness (QED) is 0.459. The fraction of sp³-hybridized carbons (Fsp3) is 1.00. The number of epoxide rings is 1. The summed E-state index contributed by atoms with van der Waals surface area (Å²) >= 11 is 0. The van der Waals surface area contributed by atoms with Crippen molar-refractivity contribution in [2.45, 2.75) is 45.0 Å². The number of aliphatic hydroxyl groups is 1. The van der Waals surface area contributed by atoms with Gasteiger partial charge in [0.2, 0.25) is 0 Å². The van der Waals surface area contributed by atoms with Crippen LogP contribution in [-0.2, 0) is 4.74 Å². The van der Waals surface area contributed by atoms with E-state index in [9.17, 15) is 0 Å². The van der Waals surface area contributed by atoms with E-state index in [-0.39, 0.29) is 6.10 Å². The first-order valence-corrected chi connectivity index (χ1v) is 3.68. The van der Waals surface area contributed by atoms with Gasteiger partial charge in [-0.3, -0.25) is 0 Å². The highest BCUT2D eigenvalue weighted by Crippen LogP contribution is 2.24. The van der Waals surface area contributed by atoms with Crippen molar-refractivity contribution < 1.29 is 9.84 Å². The molecule has 0 amide bonds. The van der Waals surface area contributed by atoms with Gasteiger partial charge in [-0.2, -0.15) is 0 Å². The van der Waals surface area contributed by atoms with Crippen LogP contribution in [0.5, 0.6) is 0 Å². The monoisotopic (exact) mass is 130 g/mol. The van der Waals surface area contributed by atoms with Gasteiger partial charge in [0.25, 0.3) is 0 Å². The summed E-state index contributed by atoms with van der Waals surface area (Å²) < 4.78 is 4.82. The van der Waals surface area contributed by atoms with E-state index in [1.807, 2.05) is 0 Å². The molecule has 0 aromatic heterocycles. The lowest BCUT2D eigenvalue weighted by Gasteiger charge is -1.91. The van der Waals surface area contributed by atoms with Crippen LogP contribution in [0.15, 0.2) is 0 Å². The predicted octanol–water partition coefficient (Wildman–Crippen LogP) is 1.28. The number of ether oxygens (including phenoxy) is 1. The molecule has 0 saturated carbocycles. The van der Waals surface area contributed by atoms with Crippen LogP contribution in [0.4, 0.5) is 0 Å². The second-order valence-electron chi connectivity index (χ2n) is 2.56. The van der Waals surface area contributed by atoms with Crippen molar-refractivity contribution in [1.82, 2.24) is 0 Å². The molecule has 9 heavy (non-hydrogen) atoms. The molecule has 1 fully saturated rings. The van der Waals surface area contributed by atoms with Crippen molar-refractivity contribution >= 4 is 0 Å². The average molecular weight is 130 g/mol. The molecule has 2 unspecified atom stereocenters. The lowest BCUT2D eigenvalue weighted by Crippen LogP contribution is -1.90. The van der Waals surface area contributed by atoms with Gasteiger partial charge in [0, 0.05) is 0 Å². The summed E-state index contributed by atoms with van der Waals surface area (Å²) in [5.74, 6) is 0. The Bertz CT molecular complexity index is 83.0. The third kappa shape index (κ3) is 2.33. The van der Waals surface area contributed by atoms with Crippen LogP contribution >= 0.6 is 0 Å². The third-order valence-corrected chi connectivity index (χ3v) is 1.65. The highest BCUT2D eigenvalue weighted by atomic mass is 16.7. The Morgan fingerprint density at radius 1 is 1.44 bits per heavy atom. The van der Waals surface area contributed by atoms with Gasteiger partial charge in [-0.15, -0.1) is 0 Å². The molecule has 0 bridgehead atoms. The molecule has 0 aromatic rings. The fourth-order valence-electron chi connectivity index (χ4n) is 0.940. The zero-order chi connectivity index (χ0) is 6.69. The van der Waals surface area contributed by atoms with Crippen molar-refractivity contribution in [3.8, 4) is 0 Å². The zero-order valence-electron chi connectivity index (χ0n) is 5.84.